The van der Waals surface area contributed by atoms with Crippen molar-refractivity contribution in [2.45, 2.75) is 39.2 Å². The van der Waals surface area contributed by atoms with E-state index in [0.29, 0.717) is 6.04 Å². The minimum atomic E-state index is 0.665. The summed E-state index contributed by atoms with van der Waals surface area (Å²) in [5, 5.41) is 5.72. The van der Waals surface area contributed by atoms with Crippen LogP contribution in [0.2, 0.25) is 0 Å². The van der Waals surface area contributed by atoms with Crippen LogP contribution in [-0.4, -0.2) is 12.6 Å². The Kier molecular flexibility index (Phi) is 5.09. The van der Waals surface area contributed by atoms with Crippen LogP contribution in [0, 0.1) is 0 Å². The Morgan fingerprint density at radius 1 is 1.46 bits per heavy atom. The van der Waals surface area contributed by atoms with E-state index in [-0.39, 0.29) is 0 Å². The number of rotatable bonds is 6. The third-order valence-electron chi connectivity index (χ3n) is 2.20. The van der Waals surface area contributed by atoms with E-state index in [2.05, 4.69) is 36.7 Å². The Morgan fingerprint density at radius 3 is 2.85 bits per heavy atom. The van der Waals surface area contributed by atoms with Crippen molar-refractivity contribution in [3.63, 3.8) is 0 Å². The predicted octanol–water partition coefficient (Wildman–Crippen LogP) is 3.07. The molecule has 1 nitrogen and oxygen atoms in total. The first-order valence-corrected chi connectivity index (χ1v) is 6.00. The van der Waals surface area contributed by atoms with Crippen molar-refractivity contribution < 1.29 is 0 Å². The molecule has 0 aliphatic rings. The van der Waals surface area contributed by atoms with Crippen LogP contribution in [0.3, 0.4) is 0 Å². The summed E-state index contributed by atoms with van der Waals surface area (Å²) in [4.78, 5) is 1.50. The summed E-state index contributed by atoms with van der Waals surface area (Å²) >= 11 is 1.86. The third-order valence-corrected chi connectivity index (χ3v) is 3.10. The van der Waals surface area contributed by atoms with E-state index < -0.39 is 0 Å². The van der Waals surface area contributed by atoms with Crippen molar-refractivity contribution in [2.75, 3.05) is 6.54 Å². The predicted molar refractivity (Wildman–Crippen MR) is 60.4 cm³/mol. The molecule has 1 heterocycles. The van der Waals surface area contributed by atoms with Gasteiger partial charge in [-0.15, -0.1) is 11.3 Å². The summed E-state index contributed by atoms with van der Waals surface area (Å²) < 4.78 is 0. The van der Waals surface area contributed by atoms with Crippen LogP contribution < -0.4 is 5.32 Å². The summed E-state index contributed by atoms with van der Waals surface area (Å²) in [5.41, 5.74) is 0. The van der Waals surface area contributed by atoms with E-state index in [1.807, 2.05) is 11.3 Å². The molecule has 1 rings (SSSR count). The quantitative estimate of drug-likeness (QED) is 0.739. The average Bonchev–Trinajstić information content (AvgIpc) is 2.64. The molecule has 0 saturated heterocycles. The number of hydrogen-bond acceptors (Lipinski definition) is 2. The fraction of sp³-hybridized carbons (Fsp3) is 0.636. The minimum absolute atomic E-state index is 0.665. The summed E-state index contributed by atoms with van der Waals surface area (Å²) in [6, 6.07) is 5.02. The SMILES string of the molecule is CCCNC(CC)Cc1cccs1. The Hall–Kier alpha value is -0.340. The molecule has 0 aliphatic carbocycles. The van der Waals surface area contributed by atoms with Crippen LogP contribution in [-0.2, 0) is 6.42 Å². The first kappa shape index (κ1) is 10.7. The molecule has 1 atom stereocenters. The summed E-state index contributed by atoms with van der Waals surface area (Å²) in [7, 11) is 0. The maximum absolute atomic E-state index is 3.56. The fourth-order valence-corrected chi connectivity index (χ4v) is 2.17. The van der Waals surface area contributed by atoms with Crippen molar-refractivity contribution in [2.24, 2.45) is 0 Å². The lowest BCUT2D eigenvalue weighted by Crippen LogP contribution is -2.30. The van der Waals surface area contributed by atoms with E-state index in [4.69, 9.17) is 0 Å². The smallest absolute Gasteiger partial charge is 0.0113 e. The molecule has 1 N–H and O–H groups in total. The van der Waals surface area contributed by atoms with Crippen molar-refractivity contribution in [3.05, 3.63) is 22.4 Å². The molecule has 1 aromatic rings. The van der Waals surface area contributed by atoms with E-state index in [1.54, 1.807) is 0 Å². The van der Waals surface area contributed by atoms with Gasteiger partial charge in [0.1, 0.15) is 0 Å². The molecule has 0 amide bonds. The van der Waals surface area contributed by atoms with E-state index in [0.717, 1.165) is 6.54 Å². The standard InChI is InChI=1S/C11H19NS/c1-3-7-12-10(4-2)9-11-6-5-8-13-11/h5-6,8,10,12H,3-4,7,9H2,1-2H3. The van der Waals surface area contributed by atoms with Crippen LogP contribution in [0.4, 0.5) is 0 Å². The lowest BCUT2D eigenvalue weighted by Gasteiger charge is -2.15. The highest BCUT2D eigenvalue weighted by Gasteiger charge is 2.05. The molecular weight excluding hydrogens is 178 g/mol. The largest absolute Gasteiger partial charge is 0.314 e. The Morgan fingerprint density at radius 2 is 2.31 bits per heavy atom. The lowest BCUT2D eigenvalue weighted by molar-refractivity contribution is 0.497. The number of hydrogen-bond donors (Lipinski definition) is 1. The lowest BCUT2D eigenvalue weighted by atomic mass is 10.1. The highest BCUT2D eigenvalue weighted by atomic mass is 32.1. The van der Waals surface area contributed by atoms with E-state index in [9.17, 15) is 0 Å². The zero-order chi connectivity index (χ0) is 9.52. The zero-order valence-corrected chi connectivity index (χ0v) is 9.36. The molecular formula is C11H19NS. The highest BCUT2D eigenvalue weighted by molar-refractivity contribution is 7.09. The number of nitrogens with one attached hydrogen (secondary N) is 1. The van der Waals surface area contributed by atoms with Crippen LogP contribution in [0.15, 0.2) is 17.5 Å². The Balaban J connectivity index is 2.31. The van der Waals surface area contributed by atoms with Crippen LogP contribution in [0.1, 0.15) is 31.6 Å². The van der Waals surface area contributed by atoms with Gasteiger partial charge in [-0.3, -0.25) is 0 Å². The van der Waals surface area contributed by atoms with Gasteiger partial charge in [-0.25, -0.2) is 0 Å². The highest BCUT2D eigenvalue weighted by Crippen LogP contribution is 2.12. The molecule has 0 aromatic carbocycles. The van der Waals surface area contributed by atoms with Gasteiger partial charge in [0.05, 0.1) is 0 Å². The van der Waals surface area contributed by atoms with Crippen LogP contribution in [0.5, 0.6) is 0 Å². The van der Waals surface area contributed by atoms with Crippen molar-refractivity contribution in [1.82, 2.24) is 5.32 Å². The topological polar surface area (TPSA) is 12.0 Å². The second kappa shape index (κ2) is 6.17. The molecule has 0 aliphatic heterocycles. The van der Waals surface area contributed by atoms with E-state index >= 15 is 0 Å². The summed E-state index contributed by atoms with van der Waals surface area (Å²) in [6.07, 6.45) is 3.63. The van der Waals surface area contributed by atoms with Crippen LogP contribution in [0.25, 0.3) is 0 Å². The third kappa shape index (κ3) is 3.92. The summed E-state index contributed by atoms with van der Waals surface area (Å²) in [5.74, 6) is 0. The van der Waals surface area contributed by atoms with Gasteiger partial charge < -0.3 is 5.32 Å². The van der Waals surface area contributed by atoms with Gasteiger partial charge in [0.25, 0.3) is 0 Å². The molecule has 0 spiro atoms. The maximum Gasteiger partial charge on any atom is 0.0113 e. The first-order chi connectivity index (χ1) is 6.36. The molecule has 13 heavy (non-hydrogen) atoms. The van der Waals surface area contributed by atoms with Gasteiger partial charge in [0, 0.05) is 10.9 Å². The Labute approximate surface area is 85.2 Å². The summed E-state index contributed by atoms with van der Waals surface area (Å²) in [6.45, 7) is 5.61. The van der Waals surface area contributed by atoms with Gasteiger partial charge >= 0.3 is 0 Å². The fourth-order valence-electron chi connectivity index (χ4n) is 1.38. The van der Waals surface area contributed by atoms with Crippen LogP contribution >= 0.6 is 11.3 Å². The van der Waals surface area contributed by atoms with Crippen molar-refractivity contribution in [1.29, 1.82) is 0 Å². The van der Waals surface area contributed by atoms with E-state index in [1.165, 1.54) is 24.1 Å². The zero-order valence-electron chi connectivity index (χ0n) is 8.55. The molecule has 1 aromatic heterocycles. The van der Waals surface area contributed by atoms with Gasteiger partial charge in [0.15, 0.2) is 0 Å². The molecule has 74 valence electrons. The normalized spacial score (nSPS) is 13.1. The molecule has 0 saturated carbocycles. The van der Waals surface area contributed by atoms with Crippen molar-refractivity contribution >= 4 is 11.3 Å². The van der Waals surface area contributed by atoms with Gasteiger partial charge in [-0.2, -0.15) is 0 Å². The van der Waals surface area contributed by atoms with Gasteiger partial charge in [0.2, 0.25) is 0 Å². The minimum Gasteiger partial charge on any atom is -0.314 e. The molecule has 0 radical (unpaired) electrons. The first-order valence-electron chi connectivity index (χ1n) is 5.12. The Bertz CT molecular complexity index is 206. The van der Waals surface area contributed by atoms with Gasteiger partial charge in [-0.05, 0) is 37.3 Å². The molecule has 2 heteroatoms. The molecule has 0 bridgehead atoms. The second-order valence-electron chi connectivity index (χ2n) is 3.34. The maximum atomic E-state index is 3.56. The number of thiophene rings is 1. The monoisotopic (exact) mass is 197 g/mol. The van der Waals surface area contributed by atoms with Crippen molar-refractivity contribution in [3.8, 4) is 0 Å². The average molecular weight is 197 g/mol. The van der Waals surface area contributed by atoms with Gasteiger partial charge in [-0.1, -0.05) is 19.9 Å². The molecule has 0 fully saturated rings. The molecule has 1 unspecified atom stereocenters. The second-order valence-corrected chi connectivity index (χ2v) is 4.38.